The highest BCUT2D eigenvalue weighted by Crippen LogP contribution is 2.59. The smallest absolute Gasteiger partial charge is 0.429 e. The molecule has 0 spiro atoms. The molecule has 3 rings (SSSR count). The molecule has 0 saturated heterocycles. The number of nitrogens with one attached hydrogen (secondary N) is 1. The number of rotatable bonds is 4. The Hall–Kier alpha value is -1.72. The van der Waals surface area contributed by atoms with Crippen LogP contribution >= 0.6 is 0 Å². The summed E-state index contributed by atoms with van der Waals surface area (Å²) in [5.74, 6) is 1.18. The van der Waals surface area contributed by atoms with Gasteiger partial charge >= 0.3 is 12.2 Å². The molecule has 1 saturated carbocycles. The Labute approximate surface area is 144 Å². The molecule has 2 amide bonds. The van der Waals surface area contributed by atoms with Gasteiger partial charge in [-0.25, -0.2) is 20.0 Å². The number of hydrazine groups is 1. The van der Waals surface area contributed by atoms with E-state index in [1.165, 1.54) is 10.6 Å². The summed E-state index contributed by atoms with van der Waals surface area (Å²) in [6, 6.07) is 0. The van der Waals surface area contributed by atoms with E-state index in [4.69, 9.17) is 9.47 Å². The zero-order chi connectivity index (χ0) is 18.1. The van der Waals surface area contributed by atoms with Gasteiger partial charge in [-0.15, -0.1) is 0 Å². The molecular weight excluding hydrogens is 308 g/mol. The summed E-state index contributed by atoms with van der Waals surface area (Å²) in [4.78, 5) is 24.2. The van der Waals surface area contributed by atoms with Crippen molar-refractivity contribution in [2.45, 2.75) is 66.6 Å². The summed E-state index contributed by atoms with van der Waals surface area (Å²) >= 11 is 0. The second-order valence-electron chi connectivity index (χ2n) is 7.91. The third kappa shape index (κ3) is 4.02. The van der Waals surface area contributed by atoms with Gasteiger partial charge in [-0.1, -0.05) is 19.9 Å². The van der Waals surface area contributed by atoms with Gasteiger partial charge in [-0.3, -0.25) is 0 Å². The van der Waals surface area contributed by atoms with Gasteiger partial charge in [0.1, 0.15) is 0 Å². The van der Waals surface area contributed by atoms with Crippen LogP contribution in [0.3, 0.4) is 0 Å². The first-order chi connectivity index (χ1) is 11.1. The fraction of sp³-hybridized carbons (Fsp3) is 0.778. The van der Waals surface area contributed by atoms with E-state index in [0.29, 0.717) is 12.5 Å². The van der Waals surface area contributed by atoms with Crippen molar-refractivity contribution in [1.82, 2.24) is 10.4 Å². The number of amides is 2. The highest BCUT2D eigenvalue weighted by Gasteiger charge is 2.51. The maximum atomic E-state index is 12.3. The molecule has 0 radical (unpaired) electrons. The molecule has 0 aromatic rings. The van der Waals surface area contributed by atoms with E-state index in [9.17, 15) is 9.59 Å². The second-order valence-corrected chi connectivity index (χ2v) is 7.91. The van der Waals surface area contributed by atoms with Gasteiger partial charge < -0.3 is 9.47 Å². The number of ether oxygens (including phenoxy) is 2. The minimum absolute atomic E-state index is 0.256. The van der Waals surface area contributed by atoms with Gasteiger partial charge in [-0.2, -0.15) is 0 Å². The summed E-state index contributed by atoms with van der Waals surface area (Å²) in [7, 11) is 0. The van der Waals surface area contributed by atoms with Crippen LogP contribution in [-0.2, 0) is 9.47 Å². The molecule has 3 aliphatic rings. The Morgan fingerprint density at radius 3 is 2.38 bits per heavy atom. The van der Waals surface area contributed by atoms with Crippen molar-refractivity contribution in [1.29, 1.82) is 0 Å². The van der Waals surface area contributed by atoms with Gasteiger partial charge in [0.25, 0.3) is 0 Å². The quantitative estimate of drug-likeness (QED) is 0.624. The van der Waals surface area contributed by atoms with E-state index in [1.807, 2.05) is 0 Å². The Morgan fingerprint density at radius 1 is 1.25 bits per heavy atom. The molecule has 2 bridgehead atoms. The van der Waals surface area contributed by atoms with Crippen LogP contribution in [0.25, 0.3) is 0 Å². The minimum atomic E-state index is -0.645. The average molecular weight is 338 g/mol. The van der Waals surface area contributed by atoms with Crippen LogP contribution in [-0.4, -0.2) is 35.9 Å². The van der Waals surface area contributed by atoms with Crippen LogP contribution in [0.4, 0.5) is 9.59 Å². The first kappa shape index (κ1) is 18.6. The van der Waals surface area contributed by atoms with E-state index in [0.717, 1.165) is 18.8 Å². The van der Waals surface area contributed by atoms with Crippen LogP contribution < -0.4 is 5.43 Å². The van der Waals surface area contributed by atoms with Crippen LogP contribution in [0, 0.1) is 17.3 Å². The Bertz CT molecular complexity index is 525. The third-order valence-corrected chi connectivity index (χ3v) is 5.05. The van der Waals surface area contributed by atoms with Crippen LogP contribution in [0.2, 0.25) is 0 Å². The maximum Gasteiger partial charge on any atom is 0.429 e. The molecule has 136 valence electrons. The first-order valence-corrected chi connectivity index (χ1v) is 8.75. The van der Waals surface area contributed by atoms with Gasteiger partial charge in [0.15, 0.2) is 0 Å². The Kier molecular flexibility index (Phi) is 5.45. The maximum absolute atomic E-state index is 12.3. The number of carbonyl (C=O) groups is 2. The first-order valence-electron chi connectivity index (χ1n) is 8.75. The van der Waals surface area contributed by atoms with E-state index in [1.54, 1.807) is 27.7 Å². The van der Waals surface area contributed by atoms with Crippen LogP contribution in [0.15, 0.2) is 11.6 Å². The summed E-state index contributed by atoms with van der Waals surface area (Å²) in [6.45, 7) is 12.0. The lowest BCUT2D eigenvalue weighted by Crippen LogP contribution is -2.53. The number of carbonyl (C=O) groups excluding carboxylic acids is 2. The van der Waals surface area contributed by atoms with Gasteiger partial charge in [-0.05, 0) is 63.4 Å². The fourth-order valence-electron chi connectivity index (χ4n) is 3.60. The highest BCUT2D eigenvalue weighted by molar-refractivity contribution is 5.74. The third-order valence-electron chi connectivity index (χ3n) is 5.05. The normalized spacial score (nSPS) is 24.1. The Morgan fingerprint density at radius 2 is 1.88 bits per heavy atom. The molecule has 0 aromatic carbocycles. The number of allylic oxidation sites excluding steroid dienone is 1. The van der Waals surface area contributed by atoms with Crippen molar-refractivity contribution in [3.63, 3.8) is 0 Å². The molecule has 0 aromatic heterocycles. The Balaban J connectivity index is 2.06. The minimum Gasteiger partial charge on any atom is -0.446 e. The predicted octanol–water partition coefficient (Wildman–Crippen LogP) is 3.88. The molecule has 0 heterocycles. The second kappa shape index (κ2) is 7.03. The van der Waals surface area contributed by atoms with Crippen molar-refractivity contribution < 1.29 is 19.1 Å². The topological polar surface area (TPSA) is 67.9 Å². The van der Waals surface area contributed by atoms with E-state index >= 15 is 0 Å². The van der Waals surface area contributed by atoms with Crippen molar-refractivity contribution in [2.75, 3.05) is 6.54 Å². The number of fused-ring (bicyclic) bond motifs is 1. The zero-order valence-electron chi connectivity index (χ0n) is 15.6. The van der Waals surface area contributed by atoms with Gasteiger partial charge in [0.2, 0.25) is 0 Å². The number of nitrogens with zero attached hydrogens (tertiary/aromatic N) is 1. The van der Waals surface area contributed by atoms with Crippen molar-refractivity contribution >= 4 is 12.2 Å². The van der Waals surface area contributed by atoms with Crippen molar-refractivity contribution in [3.05, 3.63) is 11.6 Å². The standard InChI is InChI=1S/C18H30N2O4/c1-11(2)23-16(21)19-20(17(22)24-12(3)4)10-13-7-8-14-9-15(13)18(14,5)6/h7,11-12,14-15H,8-10H2,1-6H3,(H,19,21)/t14-,15-/m0/s1. The molecule has 24 heavy (non-hydrogen) atoms. The monoisotopic (exact) mass is 338 g/mol. The molecule has 6 heteroatoms. The number of hydrogen-bond donors (Lipinski definition) is 1. The van der Waals surface area contributed by atoms with E-state index in [2.05, 4.69) is 25.3 Å². The van der Waals surface area contributed by atoms with Crippen LogP contribution in [0.5, 0.6) is 0 Å². The lowest BCUT2D eigenvalue weighted by Gasteiger charge is -2.56. The molecule has 2 atom stereocenters. The van der Waals surface area contributed by atoms with E-state index < -0.39 is 12.2 Å². The summed E-state index contributed by atoms with van der Waals surface area (Å²) in [6.07, 6.45) is 2.67. The summed E-state index contributed by atoms with van der Waals surface area (Å²) < 4.78 is 10.3. The zero-order valence-corrected chi connectivity index (χ0v) is 15.6. The molecular formula is C18H30N2O4. The highest BCUT2D eigenvalue weighted by atomic mass is 16.6. The predicted molar refractivity (Wildman–Crippen MR) is 91.2 cm³/mol. The molecule has 0 aliphatic heterocycles. The van der Waals surface area contributed by atoms with Crippen molar-refractivity contribution in [3.8, 4) is 0 Å². The largest absolute Gasteiger partial charge is 0.446 e. The van der Waals surface area contributed by atoms with E-state index in [-0.39, 0.29) is 17.6 Å². The molecule has 1 N–H and O–H groups in total. The van der Waals surface area contributed by atoms with Crippen LogP contribution in [0.1, 0.15) is 54.4 Å². The van der Waals surface area contributed by atoms with Crippen molar-refractivity contribution in [2.24, 2.45) is 17.3 Å². The SMILES string of the molecule is CC(C)OC(=O)NN(CC1=CC[C@H]2C[C@@H]1C2(C)C)C(=O)OC(C)C. The molecule has 6 nitrogen and oxygen atoms in total. The number of hydrogen-bond acceptors (Lipinski definition) is 4. The summed E-state index contributed by atoms with van der Waals surface area (Å²) in [5, 5.41) is 1.23. The van der Waals surface area contributed by atoms with Gasteiger partial charge in [0, 0.05) is 0 Å². The van der Waals surface area contributed by atoms with Gasteiger partial charge in [0.05, 0.1) is 18.8 Å². The lowest BCUT2D eigenvalue weighted by molar-refractivity contribution is -0.0135. The lowest BCUT2D eigenvalue weighted by atomic mass is 9.49. The molecule has 0 unspecified atom stereocenters. The molecule has 3 aliphatic carbocycles. The summed E-state index contributed by atoms with van der Waals surface area (Å²) in [5.41, 5.74) is 3.97. The molecule has 1 fully saturated rings. The fourth-order valence-corrected chi connectivity index (χ4v) is 3.60. The average Bonchev–Trinajstić information content (AvgIpc) is 2.44.